The highest BCUT2D eigenvalue weighted by Crippen LogP contribution is 2.59. The molecule has 2 unspecified atom stereocenters. The maximum absolute atomic E-state index is 11.8. The molecule has 12 heavy (non-hydrogen) atoms. The summed E-state index contributed by atoms with van der Waals surface area (Å²) in [5, 5.41) is 0. The van der Waals surface area contributed by atoms with Gasteiger partial charge in [0.1, 0.15) is 5.78 Å². The molecule has 0 radical (unpaired) electrons. The average molecular weight is 164 g/mol. The minimum atomic E-state index is 0.501. The highest BCUT2D eigenvalue weighted by atomic mass is 16.1. The van der Waals surface area contributed by atoms with Crippen LogP contribution in [-0.4, -0.2) is 5.78 Å². The van der Waals surface area contributed by atoms with Crippen LogP contribution < -0.4 is 0 Å². The minimum absolute atomic E-state index is 0.501. The van der Waals surface area contributed by atoms with Crippen molar-refractivity contribution < 1.29 is 4.79 Å². The number of fused-ring (bicyclic) bond motifs is 1. The van der Waals surface area contributed by atoms with Crippen LogP contribution in [0.5, 0.6) is 0 Å². The van der Waals surface area contributed by atoms with E-state index in [0.29, 0.717) is 17.6 Å². The summed E-state index contributed by atoms with van der Waals surface area (Å²) in [4.78, 5) is 11.8. The highest BCUT2D eigenvalue weighted by Gasteiger charge is 2.57. The molecule has 3 aliphatic carbocycles. The summed E-state index contributed by atoms with van der Waals surface area (Å²) in [5.41, 5.74) is 0. The van der Waals surface area contributed by atoms with Crippen molar-refractivity contribution in [1.82, 2.24) is 0 Å². The molecule has 0 saturated heterocycles. The summed E-state index contributed by atoms with van der Waals surface area (Å²) < 4.78 is 0. The van der Waals surface area contributed by atoms with Gasteiger partial charge in [0.2, 0.25) is 0 Å². The van der Waals surface area contributed by atoms with Crippen LogP contribution in [0.3, 0.4) is 0 Å². The van der Waals surface area contributed by atoms with Crippen molar-refractivity contribution in [3.63, 3.8) is 0 Å². The van der Waals surface area contributed by atoms with Gasteiger partial charge in [-0.15, -0.1) is 0 Å². The van der Waals surface area contributed by atoms with Crippen molar-refractivity contribution in [1.29, 1.82) is 0 Å². The standard InChI is InChI=1S/C11H16O/c12-11(7-3-1-4-7)10-8-5-2-6-9(8)10/h7-10H,1-6H2. The third kappa shape index (κ3) is 0.826. The molecule has 1 heteroatoms. The van der Waals surface area contributed by atoms with Crippen LogP contribution in [0.1, 0.15) is 38.5 Å². The fourth-order valence-electron chi connectivity index (χ4n) is 3.21. The topological polar surface area (TPSA) is 17.1 Å². The number of hydrogen-bond acceptors (Lipinski definition) is 1. The van der Waals surface area contributed by atoms with Crippen molar-refractivity contribution in [3.8, 4) is 0 Å². The lowest BCUT2D eigenvalue weighted by molar-refractivity contribution is -0.127. The van der Waals surface area contributed by atoms with Gasteiger partial charge in [-0.25, -0.2) is 0 Å². The third-order valence-corrected chi connectivity index (χ3v) is 4.24. The van der Waals surface area contributed by atoms with Crippen LogP contribution in [-0.2, 0) is 4.79 Å². The molecule has 0 spiro atoms. The Kier molecular flexibility index (Phi) is 1.38. The monoisotopic (exact) mass is 164 g/mol. The van der Waals surface area contributed by atoms with Gasteiger partial charge >= 0.3 is 0 Å². The summed E-state index contributed by atoms with van der Waals surface area (Å²) in [6.07, 6.45) is 7.81. The van der Waals surface area contributed by atoms with Gasteiger partial charge in [0.05, 0.1) is 0 Å². The van der Waals surface area contributed by atoms with Crippen molar-refractivity contribution in [2.75, 3.05) is 0 Å². The molecular weight excluding hydrogens is 148 g/mol. The minimum Gasteiger partial charge on any atom is -0.299 e. The van der Waals surface area contributed by atoms with Crippen molar-refractivity contribution in [3.05, 3.63) is 0 Å². The zero-order chi connectivity index (χ0) is 8.13. The molecule has 0 aromatic carbocycles. The molecule has 0 aliphatic heterocycles. The van der Waals surface area contributed by atoms with Crippen LogP contribution >= 0.6 is 0 Å². The van der Waals surface area contributed by atoms with Crippen molar-refractivity contribution >= 4 is 5.78 Å². The average Bonchev–Trinajstić information content (AvgIpc) is 2.42. The summed E-state index contributed by atoms with van der Waals surface area (Å²) in [7, 11) is 0. The van der Waals surface area contributed by atoms with E-state index in [4.69, 9.17) is 0 Å². The molecule has 0 heterocycles. The van der Waals surface area contributed by atoms with E-state index in [9.17, 15) is 4.79 Å². The Labute approximate surface area is 73.5 Å². The first kappa shape index (κ1) is 7.11. The Balaban J connectivity index is 1.64. The zero-order valence-corrected chi connectivity index (χ0v) is 7.46. The fourth-order valence-corrected chi connectivity index (χ4v) is 3.21. The largest absolute Gasteiger partial charge is 0.299 e. The van der Waals surface area contributed by atoms with Gasteiger partial charge < -0.3 is 0 Å². The lowest BCUT2D eigenvalue weighted by Crippen LogP contribution is -2.24. The van der Waals surface area contributed by atoms with E-state index in [1.807, 2.05) is 0 Å². The van der Waals surface area contributed by atoms with Crippen LogP contribution in [0.4, 0.5) is 0 Å². The number of carbonyl (C=O) groups is 1. The van der Waals surface area contributed by atoms with E-state index < -0.39 is 0 Å². The Morgan fingerprint density at radius 1 is 0.917 bits per heavy atom. The number of Topliss-reactive ketones (excluding diaryl/α,β-unsaturated/α-hetero) is 1. The molecule has 1 nitrogen and oxygen atoms in total. The molecule has 0 N–H and O–H groups in total. The molecule has 0 amide bonds. The molecule has 0 bridgehead atoms. The van der Waals surface area contributed by atoms with Gasteiger partial charge in [0, 0.05) is 11.8 Å². The highest BCUT2D eigenvalue weighted by molar-refractivity contribution is 5.87. The van der Waals surface area contributed by atoms with Gasteiger partial charge in [-0.3, -0.25) is 4.79 Å². The second-order valence-electron chi connectivity index (χ2n) is 4.81. The summed E-state index contributed by atoms with van der Waals surface area (Å²) in [5.74, 6) is 3.39. The van der Waals surface area contributed by atoms with Gasteiger partial charge in [-0.05, 0) is 37.5 Å². The van der Waals surface area contributed by atoms with Gasteiger partial charge in [0.15, 0.2) is 0 Å². The molecule has 0 aromatic heterocycles. The molecular formula is C11H16O. The van der Waals surface area contributed by atoms with Crippen LogP contribution in [0.2, 0.25) is 0 Å². The number of rotatable bonds is 2. The fraction of sp³-hybridized carbons (Fsp3) is 0.909. The van der Waals surface area contributed by atoms with Crippen LogP contribution in [0.15, 0.2) is 0 Å². The lowest BCUT2D eigenvalue weighted by Gasteiger charge is -2.24. The Hall–Kier alpha value is -0.330. The third-order valence-electron chi connectivity index (χ3n) is 4.24. The molecule has 3 fully saturated rings. The van der Waals surface area contributed by atoms with E-state index in [2.05, 4.69) is 0 Å². The second kappa shape index (κ2) is 2.34. The first-order valence-electron chi connectivity index (χ1n) is 5.41. The van der Waals surface area contributed by atoms with Gasteiger partial charge in [-0.2, -0.15) is 0 Å². The molecule has 3 rings (SSSR count). The quantitative estimate of drug-likeness (QED) is 0.612. The van der Waals surface area contributed by atoms with E-state index in [0.717, 1.165) is 11.8 Å². The van der Waals surface area contributed by atoms with Crippen LogP contribution in [0, 0.1) is 23.7 Å². The summed E-state index contributed by atoms with van der Waals surface area (Å²) in [6, 6.07) is 0. The molecule has 66 valence electrons. The van der Waals surface area contributed by atoms with E-state index >= 15 is 0 Å². The zero-order valence-electron chi connectivity index (χ0n) is 7.46. The smallest absolute Gasteiger partial charge is 0.139 e. The Bertz CT molecular complexity index is 207. The molecule has 2 atom stereocenters. The number of hydrogen-bond donors (Lipinski definition) is 0. The maximum atomic E-state index is 11.8. The summed E-state index contributed by atoms with van der Waals surface area (Å²) >= 11 is 0. The molecule has 3 saturated carbocycles. The first-order chi connectivity index (χ1) is 5.88. The first-order valence-corrected chi connectivity index (χ1v) is 5.41. The predicted molar refractivity (Wildman–Crippen MR) is 46.7 cm³/mol. The van der Waals surface area contributed by atoms with Crippen LogP contribution in [0.25, 0.3) is 0 Å². The van der Waals surface area contributed by atoms with Crippen molar-refractivity contribution in [2.45, 2.75) is 38.5 Å². The Morgan fingerprint density at radius 3 is 2.00 bits per heavy atom. The van der Waals surface area contributed by atoms with Crippen molar-refractivity contribution in [2.24, 2.45) is 23.7 Å². The lowest BCUT2D eigenvalue weighted by atomic mass is 9.79. The Morgan fingerprint density at radius 2 is 1.50 bits per heavy atom. The van der Waals surface area contributed by atoms with Gasteiger partial charge in [0.25, 0.3) is 0 Å². The second-order valence-corrected chi connectivity index (χ2v) is 4.81. The van der Waals surface area contributed by atoms with Gasteiger partial charge in [-0.1, -0.05) is 12.8 Å². The SMILES string of the molecule is O=C(C1CCC1)C1C2CCCC21. The maximum Gasteiger partial charge on any atom is 0.139 e. The molecule has 0 aromatic rings. The van der Waals surface area contributed by atoms with E-state index in [1.54, 1.807) is 0 Å². The number of ketones is 1. The molecule has 3 aliphatic rings. The van der Waals surface area contributed by atoms with E-state index in [-0.39, 0.29) is 0 Å². The predicted octanol–water partition coefficient (Wildman–Crippen LogP) is 2.40. The van der Waals surface area contributed by atoms with E-state index in [1.165, 1.54) is 38.5 Å². The normalized spacial score (nSPS) is 45.2. The number of carbonyl (C=O) groups excluding carboxylic acids is 1. The summed E-state index contributed by atoms with van der Waals surface area (Å²) in [6.45, 7) is 0.